The number of ether oxygens (including phenoxy) is 1. The highest BCUT2D eigenvalue weighted by atomic mass is 32.1. The average Bonchev–Trinajstić information content (AvgIpc) is 3.17. The molecular weight excluding hydrogens is 294 g/mol. The van der Waals surface area contributed by atoms with Crippen molar-refractivity contribution < 1.29 is 4.74 Å². The first-order valence-electron chi connectivity index (χ1n) is 8.08. The molecule has 1 fully saturated rings. The van der Waals surface area contributed by atoms with Gasteiger partial charge in [-0.05, 0) is 49.4 Å². The van der Waals surface area contributed by atoms with Crippen LogP contribution < -0.4 is 4.74 Å². The van der Waals surface area contributed by atoms with Gasteiger partial charge in [0.1, 0.15) is 22.0 Å². The van der Waals surface area contributed by atoms with E-state index in [1.54, 1.807) is 11.3 Å². The second-order valence-corrected chi connectivity index (χ2v) is 6.84. The third-order valence-corrected chi connectivity index (χ3v) is 5.29. The SMILES string of the molecule is CCCN1CCC(Oc2nc3ccsc3n3cccc23)CC1. The maximum absolute atomic E-state index is 6.28. The first-order valence-corrected chi connectivity index (χ1v) is 8.96. The Labute approximate surface area is 134 Å². The number of likely N-dealkylation sites (tertiary alicyclic amines) is 1. The van der Waals surface area contributed by atoms with Gasteiger partial charge in [0, 0.05) is 19.3 Å². The molecule has 0 aliphatic carbocycles. The fourth-order valence-corrected chi connectivity index (χ4v) is 4.10. The van der Waals surface area contributed by atoms with Crippen molar-refractivity contribution in [3.05, 3.63) is 29.8 Å². The van der Waals surface area contributed by atoms with E-state index in [4.69, 9.17) is 9.72 Å². The van der Waals surface area contributed by atoms with Crippen LogP contribution in [0.3, 0.4) is 0 Å². The lowest BCUT2D eigenvalue weighted by Crippen LogP contribution is -2.38. The fraction of sp³-hybridized carbons (Fsp3) is 0.471. The molecule has 0 amide bonds. The Morgan fingerprint density at radius 3 is 3.00 bits per heavy atom. The number of hydrogen-bond acceptors (Lipinski definition) is 4. The predicted octanol–water partition coefficient (Wildman–Crippen LogP) is 3.80. The Hall–Kier alpha value is -1.59. The van der Waals surface area contributed by atoms with E-state index < -0.39 is 0 Å². The van der Waals surface area contributed by atoms with Crippen molar-refractivity contribution in [2.24, 2.45) is 0 Å². The molecule has 1 saturated heterocycles. The summed E-state index contributed by atoms with van der Waals surface area (Å²) >= 11 is 1.72. The maximum Gasteiger partial charge on any atom is 0.239 e. The van der Waals surface area contributed by atoms with Gasteiger partial charge in [-0.2, -0.15) is 0 Å². The third-order valence-electron chi connectivity index (χ3n) is 4.39. The molecule has 1 aliphatic heterocycles. The van der Waals surface area contributed by atoms with Gasteiger partial charge < -0.3 is 14.0 Å². The van der Waals surface area contributed by atoms with Gasteiger partial charge in [-0.25, -0.2) is 4.98 Å². The van der Waals surface area contributed by atoms with Gasteiger partial charge in [0.2, 0.25) is 5.88 Å². The van der Waals surface area contributed by atoms with Crippen molar-refractivity contribution in [1.29, 1.82) is 0 Å². The van der Waals surface area contributed by atoms with E-state index in [-0.39, 0.29) is 6.10 Å². The number of hydrogen-bond donors (Lipinski definition) is 0. The molecule has 0 bridgehead atoms. The molecule has 116 valence electrons. The van der Waals surface area contributed by atoms with Gasteiger partial charge in [-0.15, -0.1) is 11.3 Å². The largest absolute Gasteiger partial charge is 0.473 e. The van der Waals surface area contributed by atoms with E-state index >= 15 is 0 Å². The highest BCUT2D eigenvalue weighted by Gasteiger charge is 2.21. The highest BCUT2D eigenvalue weighted by molar-refractivity contribution is 7.16. The summed E-state index contributed by atoms with van der Waals surface area (Å²) in [5, 5.41) is 2.09. The molecule has 22 heavy (non-hydrogen) atoms. The minimum absolute atomic E-state index is 0.287. The molecule has 0 saturated carbocycles. The van der Waals surface area contributed by atoms with E-state index in [0.29, 0.717) is 0 Å². The highest BCUT2D eigenvalue weighted by Crippen LogP contribution is 2.29. The lowest BCUT2D eigenvalue weighted by Gasteiger charge is -2.31. The molecule has 4 heterocycles. The fourth-order valence-electron chi connectivity index (χ4n) is 3.27. The molecule has 0 aromatic carbocycles. The first kappa shape index (κ1) is 14.0. The van der Waals surface area contributed by atoms with Gasteiger partial charge in [-0.1, -0.05) is 6.92 Å². The molecule has 4 rings (SSSR count). The Kier molecular flexibility index (Phi) is 3.76. The summed E-state index contributed by atoms with van der Waals surface area (Å²) in [4.78, 5) is 8.45. The summed E-state index contributed by atoms with van der Waals surface area (Å²) in [7, 11) is 0. The number of thiophene rings is 1. The van der Waals surface area contributed by atoms with Gasteiger partial charge >= 0.3 is 0 Å². The minimum atomic E-state index is 0.287. The number of aromatic nitrogens is 2. The zero-order valence-electron chi connectivity index (χ0n) is 12.9. The van der Waals surface area contributed by atoms with Crippen LogP contribution in [-0.4, -0.2) is 40.0 Å². The smallest absolute Gasteiger partial charge is 0.239 e. The number of nitrogens with zero attached hydrogens (tertiary/aromatic N) is 3. The van der Waals surface area contributed by atoms with Gasteiger partial charge in [-0.3, -0.25) is 0 Å². The summed E-state index contributed by atoms with van der Waals surface area (Å²) in [5.41, 5.74) is 2.10. The minimum Gasteiger partial charge on any atom is -0.473 e. The Morgan fingerprint density at radius 2 is 2.18 bits per heavy atom. The molecule has 4 nitrogen and oxygen atoms in total. The molecule has 0 spiro atoms. The van der Waals surface area contributed by atoms with E-state index in [2.05, 4.69) is 46.0 Å². The molecule has 5 heteroatoms. The first-order chi connectivity index (χ1) is 10.8. The quantitative estimate of drug-likeness (QED) is 0.733. The van der Waals surface area contributed by atoms with Crippen LogP contribution in [0.4, 0.5) is 0 Å². The molecule has 1 aliphatic rings. The Balaban J connectivity index is 1.57. The molecular formula is C17H21N3OS. The topological polar surface area (TPSA) is 29.8 Å². The zero-order valence-corrected chi connectivity index (χ0v) is 13.7. The molecule has 0 unspecified atom stereocenters. The monoisotopic (exact) mass is 315 g/mol. The van der Waals surface area contributed by atoms with Gasteiger partial charge in [0.05, 0.1) is 0 Å². The number of piperidine rings is 1. The van der Waals surface area contributed by atoms with Crippen molar-refractivity contribution in [1.82, 2.24) is 14.3 Å². The summed E-state index contributed by atoms with van der Waals surface area (Å²) in [6.07, 6.45) is 5.79. The van der Waals surface area contributed by atoms with E-state index in [1.807, 2.05) is 0 Å². The normalized spacial score (nSPS) is 17.5. The number of fused-ring (bicyclic) bond motifs is 3. The second-order valence-electron chi connectivity index (χ2n) is 5.95. The van der Waals surface area contributed by atoms with Crippen LogP contribution in [0, 0.1) is 0 Å². The van der Waals surface area contributed by atoms with Crippen molar-refractivity contribution in [3.63, 3.8) is 0 Å². The van der Waals surface area contributed by atoms with Crippen molar-refractivity contribution >= 4 is 27.2 Å². The summed E-state index contributed by atoms with van der Waals surface area (Å²) in [6.45, 7) is 5.72. The van der Waals surface area contributed by atoms with Crippen LogP contribution in [-0.2, 0) is 0 Å². The maximum atomic E-state index is 6.28. The Bertz CT molecular complexity index is 770. The van der Waals surface area contributed by atoms with Crippen LogP contribution in [0.1, 0.15) is 26.2 Å². The van der Waals surface area contributed by atoms with Crippen LogP contribution in [0.2, 0.25) is 0 Å². The van der Waals surface area contributed by atoms with Crippen molar-refractivity contribution in [2.45, 2.75) is 32.3 Å². The van der Waals surface area contributed by atoms with Gasteiger partial charge in [0.15, 0.2) is 0 Å². The second kappa shape index (κ2) is 5.89. The van der Waals surface area contributed by atoms with E-state index in [0.717, 1.165) is 42.8 Å². The lowest BCUT2D eigenvalue weighted by atomic mass is 10.1. The lowest BCUT2D eigenvalue weighted by molar-refractivity contribution is 0.0983. The van der Waals surface area contributed by atoms with Crippen LogP contribution >= 0.6 is 11.3 Å². The van der Waals surface area contributed by atoms with E-state index in [9.17, 15) is 0 Å². The molecule has 0 atom stereocenters. The van der Waals surface area contributed by atoms with Crippen molar-refractivity contribution in [3.8, 4) is 5.88 Å². The van der Waals surface area contributed by atoms with Crippen LogP contribution in [0.25, 0.3) is 15.9 Å². The standard InChI is InChI=1S/C17H21N3OS/c1-2-8-19-10-5-13(6-11-19)21-16-15-4-3-9-20(15)17-14(18-16)7-12-22-17/h3-4,7,9,12-13H,2,5-6,8,10-11H2,1H3. The van der Waals surface area contributed by atoms with Crippen molar-refractivity contribution in [2.75, 3.05) is 19.6 Å². The molecule has 3 aromatic rings. The predicted molar refractivity (Wildman–Crippen MR) is 91.0 cm³/mol. The summed E-state index contributed by atoms with van der Waals surface area (Å²) in [5.74, 6) is 0.782. The third kappa shape index (κ3) is 2.48. The van der Waals surface area contributed by atoms with Crippen LogP contribution in [0.15, 0.2) is 29.8 Å². The van der Waals surface area contributed by atoms with Crippen LogP contribution in [0.5, 0.6) is 5.88 Å². The Morgan fingerprint density at radius 1 is 1.32 bits per heavy atom. The number of rotatable bonds is 4. The van der Waals surface area contributed by atoms with E-state index in [1.165, 1.54) is 17.8 Å². The summed E-state index contributed by atoms with van der Waals surface area (Å²) in [6, 6.07) is 6.22. The molecule has 0 radical (unpaired) electrons. The average molecular weight is 315 g/mol. The molecule has 3 aromatic heterocycles. The van der Waals surface area contributed by atoms with Gasteiger partial charge in [0.25, 0.3) is 0 Å². The summed E-state index contributed by atoms with van der Waals surface area (Å²) < 4.78 is 8.47. The molecule has 0 N–H and O–H groups in total. The zero-order chi connectivity index (χ0) is 14.9.